The van der Waals surface area contributed by atoms with E-state index in [9.17, 15) is 24.9 Å². The van der Waals surface area contributed by atoms with E-state index < -0.39 is 32.2 Å². The van der Waals surface area contributed by atoms with E-state index in [4.69, 9.17) is 4.43 Å². The predicted molar refractivity (Wildman–Crippen MR) is 224 cm³/mol. The number of fused-ring (bicyclic) bond motifs is 1. The Hall–Kier alpha value is -4.12. The maximum Gasteiger partial charge on any atom is 0.261 e. The van der Waals surface area contributed by atoms with Gasteiger partial charge in [0.25, 0.3) is 8.32 Å². The van der Waals surface area contributed by atoms with Crippen LogP contribution in [0, 0.1) is 31.6 Å². The van der Waals surface area contributed by atoms with Gasteiger partial charge in [-0.25, -0.2) is 0 Å². The summed E-state index contributed by atoms with van der Waals surface area (Å²) in [4.78, 5) is 30.6. The molecular formula is C46H55NO6SSi. The van der Waals surface area contributed by atoms with Crippen LogP contribution in [0.5, 0.6) is 5.75 Å². The number of aryl methyl sites for hydroxylation is 2. The molecule has 6 rings (SSSR count). The van der Waals surface area contributed by atoms with Gasteiger partial charge in [-0.15, -0.1) is 11.3 Å². The number of phenols is 1. The van der Waals surface area contributed by atoms with Crippen LogP contribution in [0.4, 0.5) is 0 Å². The van der Waals surface area contributed by atoms with Crippen LogP contribution in [0.3, 0.4) is 0 Å². The summed E-state index contributed by atoms with van der Waals surface area (Å²) in [6.07, 6.45) is 3.17. The molecule has 1 saturated heterocycles. The molecule has 1 aliphatic carbocycles. The van der Waals surface area contributed by atoms with Crippen molar-refractivity contribution in [2.75, 3.05) is 13.2 Å². The summed E-state index contributed by atoms with van der Waals surface area (Å²) in [7, 11) is -3.02. The molecule has 7 nitrogen and oxygen atoms in total. The zero-order valence-corrected chi connectivity index (χ0v) is 34.7. The fourth-order valence-electron chi connectivity index (χ4n) is 8.97. The van der Waals surface area contributed by atoms with E-state index in [1.807, 2.05) is 79.9 Å². The van der Waals surface area contributed by atoms with Gasteiger partial charge < -0.3 is 19.7 Å². The molecular weight excluding hydrogens is 723 g/mol. The summed E-state index contributed by atoms with van der Waals surface area (Å²) in [5.41, 5.74) is 5.18. The Labute approximate surface area is 331 Å². The number of amides is 2. The first-order chi connectivity index (χ1) is 26.3. The van der Waals surface area contributed by atoms with E-state index in [2.05, 4.69) is 58.0 Å². The number of aliphatic hydroxyl groups excluding tert-OH is 2. The van der Waals surface area contributed by atoms with Gasteiger partial charge in [0.15, 0.2) is 0 Å². The standard InChI is InChI=1S/C46H55NO6SSi/c1-7-32(25-33-23-30(2)43(50)31(3)24-33)20-21-40(49)41-34(26-38-42(39(41)28-48)45(52)47(44(38)51)27-35-15-14-22-54-35)29-53-55(46(4,5)6,36-16-10-8-11-17-36)37-18-12-9-13-19-37/h8-19,22-25,38-40,42,48-50H,7,20-21,26-29H2,1-6H3/b32-25+/t38-,39+,40-,42-/m1/s1. The van der Waals surface area contributed by atoms with Crippen molar-refractivity contribution in [3.8, 4) is 5.75 Å². The van der Waals surface area contributed by atoms with Gasteiger partial charge in [0.2, 0.25) is 11.8 Å². The first kappa shape index (κ1) is 40.5. The predicted octanol–water partition coefficient (Wildman–Crippen LogP) is 7.69. The number of thiophene rings is 1. The van der Waals surface area contributed by atoms with Gasteiger partial charge >= 0.3 is 0 Å². The third-order valence-corrected chi connectivity index (χ3v) is 17.5. The van der Waals surface area contributed by atoms with Crippen molar-refractivity contribution < 1.29 is 29.3 Å². The number of aliphatic hydroxyl groups is 2. The number of carbonyl (C=O) groups excluding carboxylic acids is 2. The maximum atomic E-state index is 14.2. The minimum absolute atomic E-state index is 0.161. The minimum atomic E-state index is -3.02. The highest BCUT2D eigenvalue weighted by Crippen LogP contribution is 2.48. The molecule has 3 N–H and O–H groups in total. The highest BCUT2D eigenvalue weighted by Gasteiger charge is 2.56. The lowest BCUT2D eigenvalue weighted by atomic mass is 9.68. The molecule has 9 heteroatoms. The lowest BCUT2D eigenvalue weighted by molar-refractivity contribution is -0.140. The van der Waals surface area contributed by atoms with Crippen LogP contribution in [0.2, 0.25) is 5.04 Å². The van der Waals surface area contributed by atoms with E-state index >= 15 is 0 Å². The van der Waals surface area contributed by atoms with Crippen LogP contribution in [0.25, 0.3) is 6.08 Å². The molecule has 2 heterocycles. The van der Waals surface area contributed by atoms with Gasteiger partial charge in [-0.2, -0.15) is 0 Å². The van der Waals surface area contributed by atoms with Crippen molar-refractivity contribution >= 4 is 47.9 Å². The number of imide groups is 1. The summed E-state index contributed by atoms with van der Waals surface area (Å²) in [6.45, 7) is 12.5. The van der Waals surface area contributed by atoms with Gasteiger partial charge in [-0.05, 0) is 106 Å². The zero-order valence-electron chi connectivity index (χ0n) is 32.9. The molecule has 0 saturated carbocycles. The highest BCUT2D eigenvalue weighted by atomic mass is 32.1. The number of likely N-dealkylation sites (tertiary alicyclic amines) is 1. The number of benzene rings is 3. The SMILES string of the molecule is CC/C(=C\c1cc(C)c(O)c(C)c1)CC[C@@H](O)C1=C(CO[Si](c2ccccc2)(c2ccccc2)C(C)(C)C)C[C@H]2C(=O)N(Cc3cccs3)C(=O)[C@H]2[C@H]1CO. The molecule has 4 aromatic rings. The molecule has 0 unspecified atom stereocenters. The largest absolute Gasteiger partial charge is 0.507 e. The summed E-state index contributed by atoms with van der Waals surface area (Å²) < 4.78 is 7.41. The zero-order chi connectivity index (χ0) is 39.5. The van der Waals surface area contributed by atoms with E-state index in [0.29, 0.717) is 24.2 Å². The second kappa shape index (κ2) is 16.9. The number of nitrogens with zero attached hydrogens (tertiary/aromatic N) is 1. The average Bonchev–Trinajstić information content (AvgIpc) is 3.78. The van der Waals surface area contributed by atoms with Crippen molar-refractivity contribution in [1.29, 1.82) is 0 Å². The molecule has 4 atom stereocenters. The summed E-state index contributed by atoms with van der Waals surface area (Å²) >= 11 is 1.50. The Balaban J connectivity index is 1.40. The quantitative estimate of drug-likeness (QED) is 0.0689. The molecule has 0 spiro atoms. The first-order valence-electron chi connectivity index (χ1n) is 19.4. The van der Waals surface area contributed by atoms with Crippen LogP contribution >= 0.6 is 11.3 Å². The maximum absolute atomic E-state index is 14.2. The lowest BCUT2D eigenvalue weighted by Gasteiger charge is -2.44. The van der Waals surface area contributed by atoms with Crippen LogP contribution in [-0.2, 0) is 20.6 Å². The minimum Gasteiger partial charge on any atom is -0.507 e. The van der Waals surface area contributed by atoms with Crippen molar-refractivity contribution in [2.24, 2.45) is 17.8 Å². The third-order valence-electron chi connectivity index (χ3n) is 11.7. The fraction of sp³-hybridized carbons (Fsp3) is 0.391. The lowest BCUT2D eigenvalue weighted by Crippen LogP contribution is -2.66. The Morgan fingerprint density at radius 1 is 0.964 bits per heavy atom. The van der Waals surface area contributed by atoms with Gasteiger partial charge in [-0.1, -0.05) is 106 Å². The van der Waals surface area contributed by atoms with Gasteiger partial charge in [0, 0.05) is 10.8 Å². The van der Waals surface area contributed by atoms with Crippen LogP contribution < -0.4 is 10.4 Å². The van der Waals surface area contributed by atoms with Gasteiger partial charge in [-0.3, -0.25) is 14.5 Å². The number of allylic oxidation sites excluding steroid dienone is 1. The van der Waals surface area contributed by atoms with Crippen molar-refractivity contribution in [3.05, 3.63) is 129 Å². The monoisotopic (exact) mass is 777 g/mol. The molecule has 55 heavy (non-hydrogen) atoms. The smallest absolute Gasteiger partial charge is 0.261 e. The number of carbonyl (C=O) groups is 2. The molecule has 1 aliphatic heterocycles. The highest BCUT2D eigenvalue weighted by molar-refractivity contribution is 7.09. The molecule has 1 aromatic heterocycles. The number of aromatic hydroxyl groups is 1. The number of hydrogen-bond acceptors (Lipinski definition) is 7. The Kier molecular flexibility index (Phi) is 12.5. The Bertz CT molecular complexity index is 1970. The third kappa shape index (κ3) is 8.09. The normalized spacial score (nSPS) is 20.0. The topological polar surface area (TPSA) is 107 Å². The molecule has 0 radical (unpaired) electrons. The molecule has 0 bridgehead atoms. The number of phenolic OH excluding ortho intramolecular Hbond substituents is 1. The van der Waals surface area contributed by atoms with E-state index in [1.54, 1.807) is 0 Å². The van der Waals surface area contributed by atoms with Crippen molar-refractivity contribution in [2.45, 2.75) is 84.9 Å². The summed E-state index contributed by atoms with van der Waals surface area (Å²) in [5.74, 6) is -2.36. The van der Waals surface area contributed by atoms with Gasteiger partial charge in [0.05, 0.1) is 37.7 Å². The molecule has 3 aromatic carbocycles. The summed E-state index contributed by atoms with van der Waals surface area (Å²) in [5, 5.41) is 37.6. The van der Waals surface area contributed by atoms with E-state index in [-0.39, 0.29) is 43.0 Å². The average molecular weight is 778 g/mol. The fourth-order valence-corrected chi connectivity index (χ4v) is 14.2. The van der Waals surface area contributed by atoms with E-state index in [0.717, 1.165) is 49.5 Å². The number of hydrogen-bond donors (Lipinski definition) is 3. The van der Waals surface area contributed by atoms with Crippen molar-refractivity contribution in [3.63, 3.8) is 0 Å². The second-order valence-electron chi connectivity index (χ2n) is 16.2. The molecule has 1 fully saturated rings. The second-order valence-corrected chi connectivity index (χ2v) is 21.5. The van der Waals surface area contributed by atoms with Crippen LogP contribution in [-0.4, -0.2) is 59.7 Å². The number of rotatable bonds is 14. The Morgan fingerprint density at radius 2 is 1.58 bits per heavy atom. The first-order valence-corrected chi connectivity index (χ1v) is 22.2. The van der Waals surface area contributed by atoms with Crippen LogP contribution in [0.15, 0.2) is 107 Å². The Morgan fingerprint density at radius 3 is 2.11 bits per heavy atom. The molecule has 2 aliphatic rings. The van der Waals surface area contributed by atoms with E-state index in [1.165, 1.54) is 16.2 Å². The molecule has 290 valence electrons. The van der Waals surface area contributed by atoms with Crippen LogP contribution in [0.1, 0.15) is 74.9 Å². The van der Waals surface area contributed by atoms with Crippen molar-refractivity contribution in [1.82, 2.24) is 4.90 Å². The molecule has 2 amide bonds. The summed E-state index contributed by atoms with van der Waals surface area (Å²) in [6, 6.07) is 28.5. The van der Waals surface area contributed by atoms with Gasteiger partial charge in [0.1, 0.15) is 5.75 Å².